The number of amides is 2. The fraction of sp³-hybridized carbons (Fsp3) is 0.417. The molecule has 0 spiro atoms. The Hall–Kier alpha value is -1.91. The van der Waals surface area contributed by atoms with Crippen LogP contribution in [-0.2, 0) is 16.1 Å². The minimum atomic E-state index is -0.382. The van der Waals surface area contributed by atoms with Crippen molar-refractivity contribution in [2.24, 2.45) is 0 Å². The number of hydrogen-bond acceptors (Lipinski definition) is 3. The summed E-state index contributed by atoms with van der Waals surface area (Å²) in [7, 11) is 0. The van der Waals surface area contributed by atoms with Crippen molar-refractivity contribution in [1.82, 2.24) is 15.2 Å². The molecule has 1 aliphatic rings. The number of nitrogens with one attached hydrogen (secondary N) is 1. The highest BCUT2D eigenvalue weighted by Gasteiger charge is 2.31. The number of hydrogen-bond donors (Lipinski definition) is 1. The van der Waals surface area contributed by atoms with Gasteiger partial charge in [0.15, 0.2) is 0 Å². The average molecular weight is 233 g/mol. The van der Waals surface area contributed by atoms with Crippen molar-refractivity contribution in [2.45, 2.75) is 25.9 Å². The molecule has 17 heavy (non-hydrogen) atoms. The van der Waals surface area contributed by atoms with Crippen LogP contribution in [0, 0.1) is 0 Å². The maximum absolute atomic E-state index is 12.0. The first-order chi connectivity index (χ1) is 8.20. The van der Waals surface area contributed by atoms with Crippen LogP contribution in [-0.4, -0.2) is 34.3 Å². The Bertz CT molecular complexity index is 419. The molecular weight excluding hydrogens is 218 g/mol. The Balaban J connectivity index is 2.09. The molecule has 1 aromatic rings. The molecule has 1 N–H and O–H groups in total. The van der Waals surface area contributed by atoms with E-state index in [-0.39, 0.29) is 24.4 Å². The van der Waals surface area contributed by atoms with Gasteiger partial charge in [-0.15, -0.1) is 0 Å². The van der Waals surface area contributed by atoms with E-state index in [0.29, 0.717) is 13.0 Å². The molecule has 0 radical (unpaired) electrons. The highest BCUT2D eigenvalue weighted by molar-refractivity contribution is 5.94. The highest BCUT2D eigenvalue weighted by Crippen LogP contribution is 2.10. The maximum atomic E-state index is 12.0. The number of piperazine rings is 1. The van der Waals surface area contributed by atoms with Gasteiger partial charge in [-0.1, -0.05) is 13.0 Å². The Labute approximate surface area is 99.8 Å². The quantitative estimate of drug-likeness (QED) is 0.817. The maximum Gasteiger partial charge on any atom is 0.245 e. The number of pyridine rings is 1. The molecule has 2 amide bonds. The van der Waals surface area contributed by atoms with Crippen molar-refractivity contribution in [1.29, 1.82) is 0 Å². The van der Waals surface area contributed by atoms with Gasteiger partial charge < -0.3 is 10.2 Å². The molecule has 0 saturated carbocycles. The number of carbonyl (C=O) groups excluding carboxylic acids is 2. The second kappa shape index (κ2) is 4.95. The molecule has 1 aliphatic heterocycles. The summed E-state index contributed by atoms with van der Waals surface area (Å²) in [6, 6.07) is 3.34. The lowest BCUT2D eigenvalue weighted by atomic mass is 10.1. The second-order valence-corrected chi connectivity index (χ2v) is 4.08. The Morgan fingerprint density at radius 1 is 1.53 bits per heavy atom. The molecule has 1 fully saturated rings. The standard InChI is InChI=1S/C12H15N3O2/c1-2-10-12(17)15(8-11(16)14-10)7-9-4-3-5-13-6-9/h3-6,10H,2,7-8H2,1H3,(H,14,16). The summed E-state index contributed by atoms with van der Waals surface area (Å²) in [6.45, 7) is 2.46. The van der Waals surface area contributed by atoms with Crippen molar-refractivity contribution < 1.29 is 9.59 Å². The van der Waals surface area contributed by atoms with Gasteiger partial charge in [0.1, 0.15) is 6.04 Å². The van der Waals surface area contributed by atoms with Gasteiger partial charge in [-0.2, -0.15) is 0 Å². The normalized spacial score (nSPS) is 20.3. The summed E-state index contributed by atoms with van der Waals surface area (Å²) in [5.41, 5.74) is 0.936. The zero-order valence-corrected chi connectivity index (χ0v) is 9.72. The first kappa shape index (κ1) is 11.6. The lowest BCUT2D eigenvalue weighted by Gasteiger charge is -2.32. The van der Waals surface area contributed by atoms with Gasteiger partial charge in [-0.3, -0.25) is 14.6 Å². The summed E-state index contributed by atoms with van der Waals surface area (Å²) >= 11 is 0. The van der Waals surface area contributed by atoms with Crippen LogP contribution in [0.4, 0.5) is 0 Å². The zero-order valence-electron chi connectivity index (χ0n) is 9.72. The van der Waals surface area contributed by atoms with Crippen LogP contribution in [0.2, 0.25) is 0 Å². The van der Waals surface area contributed by atoms with Crippen LogP contribution in [0.25, 0.3) is 0 Å². The minimum absolute atomic E-state index is 0.0176. The number of aromatic nitrogens is 1. The molecule has 1 atom stereocenters. The third-order valence-electron chi connectivity index (χ3n) is 2.78. The summed E-state index contributed by atoms with van der Waals surface area (Å²) in [4.78, 5) is 29.0. The molecule has 5 heteroatoms. The van der Waals surface area contributed by atoms with E-state index in [2.05, 4.69) is 10.3 Å². The van der Waals surface area contributed by atoms with Crippen LogP contribution >= 0.6 is 0 Å². The number of rotatable bonds is 3. The third-order valence-corrected chi connectivity index (χ3v) is 2.78. The molecule has 0 aromatic carbocycles. The summed E-state index contributed by atoms with van der Waals surface area (Å²) in [5.74, 6) is -0.115. The highest BCUT2D eigenvalue weighted by atomic mass is 16.2. The average Bonchev–Trinajstić information content (AvgIpc) is 2.34. The van der Waals surface area contributed by atoms with Crippen LogP contribution < -0.4 is 5.32 Å². The van der Waals surface area contributed by atoms with Crippen LogP contribution in [0.3, 0.4) is 0 Å². The Kier molecular flexibility index (Phi) is 3.37. The van der Waals surface area contributed by atoms with Gasteiger partial charge >= 0.3 is 0 Å². The SMILES string of the molecule is CCC1NC(=O)CN(Cc2cccnc2)C1=O. The number of nitrogens with zero attached hydrogens (tertiary/aromatic N) is 2. The zero-order chi connectivity index (χ0) is 12.3. The topological polar surface area (TPSA) is 62.3 Å². The molecule has 1 aromatic heterocycles. The van der Waals surface area contributed by atoms with Gasteiger partial charge in [0.05, 0.1) is 6.54 Å². The molecule has 5 nitrogen and oxygen atoms in total. The monoisotopic (exact) mass is 233 g/mol. The van der Waals surface area contributed by atoms with Gasteiger partial charge in [0.25, 0.3) is 0 Å². The van der Waals surface area contributed by atoms with Crippen LogP contribution in [0.5, 0.6) is 0 Å². The molecule has 1 unspecified atom stereocenters. The lowest BCUT2D eigenvalue weighted by Crippen LogP contribution is -2.57. The van der Waals surface area contributed by atoms with Gasteiger partial charge in [0.2, 0.25) is 11.8 Å². The lowest BCUT2D eigenvalue weighted by molar-refractivity contribution is -0.144. The van der Waals surface area contributed by atoms with Crippen LogP contribution in [0.15, 0.2) is 24.5 Å². The second-order valence-electron chi connectivity index (χ2n) is 4.08. The van der Waals surface area contributed by atoms with E-state index in [0.717, 1.165) is 5.56 Å². The summed E-state index contributed by atoms with van der Waals surface area (Å²) in [5, 5.41) is 2.69. The summed E-state index contributed by atoms with van der Waals surface area (Å²) in [6.07, 6.45) is 4.01. The molecular formula is C12H15N3O2. The fourth-order valence-corrected chi connectivity index (χ4v) is 1.90. The van der Waals surface area contributed by atoms with Crippen molar-refractivity contribution in [3.8, 4) is 0 Å². The fourth-order valence-electron chi connectivity index (χ4n) is 1.90. The molecule has 90 valence electrons. The molecule has 0 bridgehead atoms. The third kappa shape index (κ3) is 2.61. The van der Waals surface area contributed by atoms with E-state index in [1.54, 1.807) is 17.3 Å². The van der Waals surface area contributed by atoms with E-state index in [9.17, 15) is 9.59 Å². The van der Waals surface area contributed by atoms with Crippen LogP contribution in [0.1, 0.15) is 18.9 Å². The van der Waals surface area contributed by atoms with Crippen molar-refractivity contribution >= 4 is 11.8 Å². The van der Waals surface area contributed by atoms with Gasteiger partial charge in [-0.25, -0.2) is 0 Å². The van der Waals surface area contributed by atoms with E-state index in [4.69, 9.17) is 0 Å². The van der Waals surface area contributed by atoms with Gasteiger partial charge in [0, 0.05) is 18.9 Å². The molecule has 2 heterocycles. The number of carbonyl (C=O) groups is 2. The Morgan fingerprint density at radius 2 is 2.35 bits per heavy atom. The summed E-state index contributed by atoms with van der Waals surface area (Å²) < 4.78 is 0. The predicted octanol–water partition coefficient (Wildman–Crippen LogP) is 0.319. The Morgan fingerprint density at radius 3 is 3.00 bits per heavy atom. The molecule has 1 saturated heterocycles. The van der Waals surface area contributed by atoms with E-state index in [1.165, 1.54) is 0 Å². The molecule has 2 rings (SSSR count). The van der Waals surface area contributed by atoms with E-state index in [1.807, 2.05) is 19.1 Å². The van der Waals surface area contributed by atoms with E-state index < -0.39 is 0 Å². The predicted molar refractivity (Wildman–Crippen MR) is 61.9 cm³/mol. The van der Waals surface area contributed by atoms with Crippen molar-refractivity contribution in [3.05, 3.63) is 30.1 Å². The minimum Gasteiger partial charge on any atom is -0.343 e. The van der Waals surface area contributed by atoms with Gasteiger partial charge in [-0.05, 0) is 18.1 Å². The first-order valence-electron chi connectivity index (χ1n) is 5.67. The van der Waals surface area contributed by atoms with Crippen molar-refractivity contribution in [2.75, 3.05) is 6.54 Å². The van der Waals surface area contributed by atoms with Crippen molar-refractivity contribution in [3.63, 3.8) is 0 Å². The largest absolute Gasteiger partial charge is 0.343 e. The first-order valence-corrected chi connectivity index (χ1v) is 5.67. The smallest absolute Gasteiger partial charge is 0.245 e. The van der Waals surface area contributed by atoms with E-state index >= 15 is 0 Å². The molecule has 0 aliphatic carbocycles.